The number of aliphatic imine (C=N–C) groups is 1. The number of amidine groups is 1. The van der Waals surface area contributed by atoms with Gasteiger partial charge in [0.15, 0.2) is 6.23 Å². The molecule has 0 fully saturated rings. The van der Waals surface area contributed by atoms with E-state index in [1.54, 1.807) is 19.0 Å². The number of nitrogens with one attached hydrogen (secondary N) is 1. The Kier molecular flexibility index (Phi) is 6.63. The molecule has 0 spiro atoms. The van der Waals surface area contributed by atoms with Gasteiger partial charge < -0.3 is 0 Å². The Bertz CT molecular complexity index is 494. The maximum atomic E-state index is 12.1. The fourth-order valence-corrected chi connectivity index (χ4v) is 2.17. The van der Waals surface area contributed by atoms with Gasteiger partial charge in [0.1, 0.15) is 5.84 Å². The monoisotopic (exact) mass is 367 g/mol. The van der Waals surface area contributed by atoms with Crippen LogP contribution in [0.15, 0.2) is 33.7 Å². The van der Waals surface area contributed by atoms with Gasteiger partial charge in [0.25, 0.3) is 0 Å². The number of benzene rings is 1. The normalized spacial score (nSPS) is 14.1. The number of hydrogen-bond acceptors (Lipinski definition) is 3. The second kappa shape index (κ2) is 7.77. The van der Waals surface area contributed by atoms with Gasteiger partial charge in [-0.15, -0.1) is 13.2 Å². The molecular formula is C13H17BrF3N3O. The third-order valence-electron chi connectivity index (χ3n) is 2.56. The fraction of sp³-hybridized carbons (Fsp3) is 0.462. The molecule has 1 aromatic rings. The summed E-state index contributed by atoms with van der Waals surface area (Å²) in [6, 6.07) is 7.62. The predicted molar refractivity (Wildman–Crippen MR) is 78.5 cm³/mol. The van der Waals surface area contributed by atoms with Crippen molar-refractivity contribution in [3.05, 3.63) is 34.3 Å². The van der Waals surface area contributed by atoms with Crippen molar-refractivity contribution in [3.63, 3.8) is 0 Å². The maximum Gasteiger partial charge on any atom is 0.524 e. The number of ether oxygens (including phenoxy) is 1. The average molecular weight is 368 g/mol. The minimum atomic E-state index is -4.70. The summed E-state index contributed by atoms with van der Waals surface area (Å²) in [5, 5.41) is 1.64. The first-order chi connectivity index (χ1) is 9.71. The number of nitrogens with zero attached hydrogens (tertiary/aromatic N) is 2. The molecule has 1 aromatic carbocycles. The molecule has 0 aliphatic rings. The molecule has 1 atom stereocenters. The lowest BCUT2D eigenvalue weighted by Crippen LogP contribution is -2.39. The lowest BCUT2D eigenvalue weighted by Gasteiger charge is -2.24. The summed E-state index contributed by atoms with van der Waals surface area (Å²) >= 11 is 3.37. The number of halogens is 4. The number of alkyl halides is 3. The van der Waals surface area contributed by atoms with Crippen molar-refractivity contribution in [3.8, 4) is 0 Å². The third kappa shape index (κ3) is 6.92. The van der Waals surface area contributed by atoms with Crippen LogP contribution in [0.5, 0.6) is 0 Å². The van der Waals surface area contributed by atoms with E-state index >= 15 is 0 Å². The minimum absolute atomic E-state index is 0.397. The predicted octanol–water partition coefficient (Wildman–Crippen LogP) is 3.69. The summed E-state index contributed by atoms with van der Waals surface area (Å²) < 4.78 is 41.1. The van der Waals surface area contributed by atoms with Gasteiger partial charge in [-0.05, 0) is 31.5 Å². The molecule has 0 aliphatic carbocycles. The fourth-order valence-electron chi connectivity index (χ4n) is 1.73. The Morgan fingerprint density at radius 2 is 2.14 bits per heavy atom. The molecule has 118 valence electrons. The van der Waals surface area contributed by atoms with Gasteiger partial charge in [-0.2, -0.15) is 0 Å². The van der Waals surface area contributed by atoms with Gasteiger partial charge in [-0.1, -0.05) is 28.1 Å². The molecule has 1 unspecified atom stereocenters. The molecule has 0 bridgehead atoms. The first-order valence-corrected chi connectivity index (χ1v) is 6.99. The summed E-state index contributed by atoms with van der Waals surface area (Å²) in [4.78, 5) is 3.88. The topological polar surface area (TPSA) is 36.9 Å². The molecule has 21 heavy (non-hydrogen) atoms. The summed E-state index contributed by atoms with van der Waals surface area (Å²) in [5.41, 5.74) is 3.87. The Hall–Kier alpha value is -1.12. The standard InChI is InChI=1S/C13H17BrF3N3O/c1-9(19-10(2)21-13(15,16)17)20(18-3)8-11-5-4-6-12(14)7-11/h4-7,10,18H,8H2,1-3H3. The van der Waals surface area contributed by atoms with Crippen LogP contribution < -0.4 is 5.43 Å². The molecule has 4 nitrogen and oxygen atoms in total. The summed E-state index contributed by atoms with van der Waals surface area (Å²) in [5.74, 6) is 0.397. The highest BCUT2D eigenvalue weighted by molar-refractivity contribution is 9.10. The van der Waals surface area contributed by atoms with E-state index in [2.05, 4.69) is 31.1 Å². The van der Waals surface area contributed by atoms with Crippen molar-refractivity contribution >= 4 is 21.8 Å². The Morgan fingerprint density at radius 1 is 1.48 bits per heavy atom. The smallest absolute Gasteiger partial charge is 0.292 e. The van der Waals surface area contributed by atoms with E-state index in [9.17, 15) is 13.2 Å². The van der Waals surface area contributed by atoms with Gasteiger partial charge in [0.2, 0.25) is 0 Å². The number of rotatable bonds is 5. The molecule has 0 heterocycles. The minimum Gasteiger partial charge on any atom is -0.292 e. The summed E-state index contributed by atoms with van der Waals surface area (Å²) in [7, 11) is 1.67. The first kappa shape index (κ1) is 17.9. The lowest BCUT2D eigenvalue weighted by atomic mass is 10.2. The Balaban J connectivity index is 2.74. The SMILES string of the molecule is CNN(Cc1cccc(Br)c1)C(C)=NC(C)OC(F)(F)F. The molecule has 1 N–H and O–H groups in total. The quantitative estimate of drug-likeness (QED) is 0.489. The summed E-state index contributed by atoms with van der Waals surface area (Å²) in [6.45, 7) is 3.32. The van der Waals surface area contributed by atoms with Crippen LogP contribution in [0.2, 0.25) is 0 Å². The highest BCUT2D eigenvalue weighted by Gasteiger charge is 2.32. The van der Waals surface area contributed by atoms with Crippen LogP contribution in [0, 0.1) is 0 Å². The number of hydrogen-bond donors (Lipinski definition) is 1. The van der Waals surface area contributed by atoms with E-state index in [0.29, 0.717) is 12.4 Å². The molecule has 0 radical (unpaired) electrons. The number of hydrazine groups is 1. The van der Waals surface area contributed by atoms with E-state index in [1.165, 1.54) is 6.92 Å². The zero-order valence-corrected chi connectivity index (χ0v) is 13.5. The van der Waals surface area contributed by atoms with Crippen molar-refractivity contribution < 1.29 is 17.9 Å². The van der Waals surface area contributed by atoms with Crippen molar-refractivity contribution in [2.24, 2.45) is 4.99 Å². The van der Waals surface area contributed by atoms with Crippen LogP contribution >= 0.6 is 15.9 Å². The highest BCUT2D eigenvalue weighted by atomic mass is 79.9. The molecule has 0 aromatic heterocycles. The van der Waals surface area contributed by atoms with Crippen LogP contribution in [-0.2, 0) is 11.3 Å². The van der Waals surface area contributed by atoms with E-state index < -0.39 is 12.6 Å². The van der Waals surface area contributed by atoms with Gasteiger partial charge in [0, 0.05) is 11.5 Å². The molecule has 0 amide bonds. The van der Waals surface area contributed by atoms with Crippen LogP contribution in [0.25, 0.3) is 0 Å². The maximum absolute atomic E-state index is 12.1. The highest BCUT2D eigenvalue weighted by Crippen LogP contribution is 2.19. The third-order valence-corrected chi connectivity index (χ3v) is 3.06. The van der Waals surface area contributed by atoms with E-state index in [1.807, 2.05) is 24.3 Å². The van der Waals surface area contributed by atoms with Gasteiger partial charge in [-0.3, -0.25) is 9.75 Å². The molecule has 0 aliphatic heterocycles. The molecule has 1 rings (SSSR count). The molecule has 0 saturated carbocycles. The Labute approximate surface area is 130 Å². The van der Waals surface area contributed by atoms with Gasteiger partial charge in [0.05, 0.1) is 6.54 Å². The van der Waals surface area contributed by atoms with Gasteiger partial charge in [-0.25, -0.2) is 10.4 Å². The van der Waals surface area contributed by atoms with Crippen LogP contribution in [-0.4, -0.2) is 30.5 Å². The largest absolute Gasteiger partial charge is 0.524 e. The van der Waals surface area contributed by atoms with Crippen molar-refractivity contribution in [2.45, 2.75) is 33.0 Å². The van der Waals surface area contributed by atoms with Crippen LogP contribution in [0.1, 0.15) is 19.4 Å². The van der Waals surface area contributed by atoms with Crippen LogP contribution in [0.4, 0.5) is 13.2 Å². The zero-order chi connectivity index (χ0) is 16.0. The van der Waals surface area contributed by atoms with Crippen molar-refractivity contribution in [1.82, 2.24) is 10.4 Å². The van der Waals surface area contributed by atoms with Gasteiger partial charge >= 0.3 is 6.36 Å². The van der Waals surface area contributed by atoms with Crippen molar-refractivity contribution in [2.75, 3.05) is 7.05 Å². The summed E-state index contributed by atoms with van der Waals surface area (Å²) in [6.07, 6.45) is -6.00. The second-order valence-corrected chi connectivity index (χ2v) is 5.19. The molecule has 0 saturated heterocycles. The van der Waals surface area contributed by atoms with Crippen molar-refractivity contribution in [1.29, 1.82) is 0 Å². The zero-order valence-electron chi connectivity index (χ0n) is 11.9. The lowest BCUT2D eigenvalue weighted by molar-refractivity contribution is -0.339. The molecular weight excluding hydrogens is 351 g/mol. The Morgan fingerprint density at radius 3 is 2.67 bits per heavy atom. The second-order valence-electron chi connectivity index (χ2n) is 4.28. The average Bonchev–Trinajstić information content (AvgIpc) is 2.33. The van der Waals surface area contributed by atoms with E-state index in [0.717, 1.165) is 10.0 Å². The molecule has 8 heteroatoms. The van der Waals surface area contributed by atoms with E-state index in [-0.39, 0.29) is 0 Å². The van der Waals surface area contributed by atoms with Crippen LogP contribution in [0.3, 0.4) is 0 Å². The van der Waals surface area contributed by atoms with E-state index in [4.69, 9.17) is 0 Å². The first-order valence-electron chi connectivity index (χ1n) is 6.19.